The van der Waals surface area contributed by atoms with Crippen molar-refractivity contribution in [2.24, 2.45) is 0 Å². The fourth-order valence-corrected chi connectivity index (χ4v) is 2.80. The molecule has 1 fully saturated rings. The number of amides is 3. The van der Waals surface area contributed by atoms with Crippen LogP contribution in [0, 0.1) is 0 Å². The Morgan fingerprint density at radius 3 is 2.33 bits per heavy atom. The molecule has 0 unspecified atom stereocenters. The number of anilines is 1. The van der Waals surface area contributed by atoms with Crippen LogP contribution in [-0.4, -0.2) is 43.0 Å². The quantitative estimate of drug-likeness (QED) is 0.887. The van der Waals surface area contributed by atoms with Crippen molar-refractivity contribution >= 4 is 17.6 Å². The molecule has 1 aliphatic rings. The molecule has 0 aromatic heterocycles. The SMILES string of the molecule is O=C(CN1CCN(c2ccccc2)C1=O)NCCc1ccccc1. The zero-order valence-corrected chi connectivity index (χ0v) is 13.5. The second-order valence-electron chi connectivity index (χ2n) is 5.78. The van der Waals surface area contributed by atoms with Gasteiger partial charge in [-0.25, -0.2) is 4.79 Å². The first-order valence-electron chi connectivity index (χ1n) is 8.16. The minimum atomic E-state index is -0.116. The second-order valence-corrected chi connectivity index (χ2v) is 5.78. The Balaban J connectivity index is 1.46. The summed E-state index contributed by atoms with van der Waals surface area (Å²) in [6.45, 7) is 1.87. The minimum absolute atomic E-state index is 0.108. The number of carbonyl (C=O) groups excluding carboxylic acids is 2. The fraction of sp³-hybridized carbons (Fsp3) is 0.263. The van der Waals surface area contributed by atoms with Crippen LogP contribution in [0.2, 0.25) is 0 Å². The van der Waals surface area contributed by atoms with Crippen LogP contribution in [0.15, 0.2) is 60.7 Å². The Morgan fingerprint density at radius 1 is 0.958 bits per heavy atom. The van der Waals surface area contributed by atoms with Gasteiger partial charge in [0.05, 0.1) is 0 Å². The summed E-state index contributed by atoms with van der Waals surface area (Å²) in [6.07, 6.45) is 0.788. The van der Waals surface area contributed by atoms with Gasteiger partial charge in [-0.2, -0.15) is 0 Å². The standard InChI is InChI=1S/C19H21N3O2/c23-18(20-12-11-16-7-3-1-4-8-16)15-21-13-14-22(19(21)24)17-9-5-2-6-10-17/h1-10H,11-15H2,(H,20,23). The van der Waals surface area contributed by atoms with Gasteiger partial charge >= 0.3 is 6.03 Å². The second kappa shape index (κ2) is 7.64. The first-order valence-corrected chi connectivity index (χ1v) is 8.16. The number of para-hydroxylation sites is 1. The number of hydrogen-bond donors (Lipinski definition) is 1. The van der Waals surface area contributed by atoms with Crippen LogP contribution in [0.5, 0.6) is 0 Å². The molecule has 2 aromatic rings. The van der Waals surface area contributed by atoms with E-state index < -0.39 is 0 Å². The summed E-state index contributed by atoms with van der Waals surface area (Å²) in [5, 5.41) is 2.88. The molecule has 0 atom stereocenters. The molecule has 0 saturated carbocycles. The summed E-state index contributed by atoms with van der Waals surface area (Å²) in [5.74, 6) is -0.116. The number of benzene rings is 2. The third-order valence-corrected chi connectivity index (χ3v) is 4.08. The molecule has 124 valence electrons. The van der Waals surface area contributed by atoms with Gasteiger partial charge in [0.25, 0.3) is 0 Å². The van der Waals surface area contributed by atoms with Crippen LogP contribution in [0.1, 0.15) is 5.56 Å². The van der Waals surface area contributed by atoms with E-state index in [0.717, 1.165) is 12.1 Å². The zero-order chi connectivity index (χ0) is 16.8. The minimum Gasteiger partial charge on any atom is -0.354 e. The Hall–Kier alpha value is -2.82. The molecule has 3 rings (SSSR count). The van der Waals surface area contributed by atoms with Crippen molar-refractivity contribution in [3.8, 4) is 0 Å². The lowest BCUT2D eigenvalue weighted by Gasteiger charge is -2.18. The summed E-state index contributed by atoms with van der Waals surface area (Å²) >= 11 is 0. The summed E-state index contributed by atoms with van der Waals surface area (Å²) in [7, 11) is 0. The van der Waals surface area contributed by atoms with E-state index in [1.54, 1.807) is 9.80 Å². The molecule has 1 saturated heterocycles. The molecule has 1 aliphatic heterocycles. The topological polar surface area (TPSA) is 52.7 Å². The van der Waals surface area contributed by atoms with Crippen LogP contribution >= 0.6 is 0 Å². The predicted octanol–water partition coefficient (Wildman–Crippen LogP) is 2.29. The van der Waals surface area contributed by atoms with Crippen LogP contribution in [0.4, 0.5) is 10.5 Å². The first-order chi connectivity index (χ1) is 11.7. The Labute approximate surface area is 141 Å². The highest BCUT2D eigenvalue weighted by atomic mass is 16.2. The fourth-order valence-electron chi connectivity index (χ4n) is 2.80. The number of carbonyl (C=O) groups is 2. The summed E-state index contributed by atoms with van der Waals surface area (Å²) in [6, 6.07) is 19.4. The maximum Gasteiger partial charge on any atom is 0.325 e. The normalized spacial score (nSPS) is 14.1. The monoisotopic (exact) mass is 323 g/mol. The van der Waals surface area contributed by atoms with Gasteiger partial charge < -0.3 is 10.2 Å². The van der Waals surface area contributed by atoms with Crippen LogP contribution < -0.4 is 10.2 Å². The average molecular weight is 323 g/mol. The van der Waals surface area contributed by atoms with Crippen molar-refractivity contribution in [2.45, 2.75) is 6.42 Å². The molecule has 0 bridgehead atoms. The van der Waals surface area contributed by atoms with Crippen molar-refractivity contribution in [1.82, 2.24) is 10.2 Å². The highest BCUT2D eigenvalue weighted by molar-refractivity contribution is 5.96. The summed E-state index contributed by atoms with van der Waals surface area (Å²) in [4.78, 5) is 27.8. The van der Waals surface area contributed by atoms with E-state index >= 15 is 0 Å². The molecular weight excluding hydrogens is 302 g/mol. The zero-order valence-electron chi connectivity index (χ0n) is 13.5. The van der Waals surface area contributed by atoms with Gasteiger partial charge in [0, 0.05) is 25.3 Å². The summed E-state index contributed by atoms with van der Waals surface area (Å²) in [5.41, 5.74) is 2.06. The van der Waals surface area contributed by atoms with Gasteiger partial charge in [-0.05, 0) is 24.1 Å². The van der Waals surface area contributed by atoms with Gasteiger partial charge in [0.1, 0.15) is 6.54 Å². The molecule has 0 spiro atoms. The molecule has 0 radical (unpaired) electrons. The number of urea groups is 1. The lowest BCUT2D eigenvalue weighted by Crippen LogP contribution is -2.40. The van der Waals surface area contributed by atoms with E-state index in [1.165, 1.54) is 5.56 Å². The lowest BCUT2D eigenvalue weighted by atomic mass is 10.1. The number of rotatable bonds is 6. The smallest absolute Gasteiger partial charge is 0.325 e. The van der Waals surface area contributed by atoms with Gasteiger partial charge in [-0.1, -0.05) is 48.5 Å². The highest BCUT2D eigenvalue weighted by Crippen LogP contribution is 2.19. The lowest BCUT2D eigenvalue weighted by molar-refractivity contribution is -0.121. The van der Waals surface area contributed by atoms with Crippen molar-refractivity contribution in [3.05, 3.63) is 66.2 Å². The van der Waals surface area contributed by atoms with Gasteiger partial charge in [0.15, 0.2) is 0 Å². The van der Waals surface area contributed by atoms with Crippen molar-refractivity contribution in [3.63, 3.8) is 0 Å². The van der Waals surface area contributed by atoms with Gasteiger partial charge in [0.2, 0.25) is 5.91 Å². The Morgan fingerprint density at radius 2 is 1.62 bits per heavy atom. The van der Waals surface area contributed by atoms with E-state index in [1.807, 2.05) is 60.7 Å². The highest BCUT2D eigenvalue weighted by Gasteiger charge is 2.30. The number of nitrogens with zero attached hydrogens (tertiary/aromatic N) is 2. The van der Waals surface area contributed by atoms with E-state index in [-0.39, 0.29) is 18.5 Å². The largest absolute Gasteiger partial charge is 0.354 e. The molecular formula is C19H21N3O2. The maximum absolute atomic E-state index is 12.4. The number of hydrogen-bond acceptors (Lipinski definition) is 2. The average Bonchev–Trinajstić information content (AvgIpc) is 2.97. The Kier molecular flexibility index (Phi) is 5.11. The third-order valence-electron chi connectivity index (χ3n) is 4.08. The molecule has 5 nitrogen and oxygen atoms in total. The van der Waals surface area contributed by atoms with E-state index in [0.29, 0.717) is 19.6 Å². The molecule has 2 aromatic carbocycles. The van der Waals surface area contributed by atoms with Crippen LogP contribution in [0.3, 0.4) is 0 Å². The van der Waals surface area contributed by atoms with Crippen molar-refractivity contribution < 1.29 is 9.59 Å². The molecule has 24 heavy (non-hydrogen) atoms. The van der Waals surface area contributed by atoms with E-state index in [4.69, 9.17) is 0 Å². The van der Waals surface area contributed by atoms with Crippen LogP contribution in [0.25, 0.3) is 0 Å². The molecule has 1 heterocycles. The Bertz CT molecular complexity index is 688. The summed E-state index contributed by atoms with van der Waals surface area (Å²) < 4.78 is 0. The third kappa shape index (κ3) is 3.93. The van der Waals surface area contributed by atoms with Crippen molar-refractivity contribution in [2.75, 3.05) is 31.1 Å². The molecule has 1 N–H and O–H groups in total. The molecule has 5 heteroatoms. The van der Waals surface area contributed by atoms with Gasteiger partial charge in [-0.15, -0.1) is 0 Å². The van der Waals surface area contributed by atoms with E-state index in [2.05, 4.69) is 5.32 Å². The predicted molar refractivity (Wildman–Crippen MR) is 93.9 cm³/mol. The van der Waals surface area contributed by atoms with Crippen molar-refractivity contribution in [1.29, 1.82) is 0 Å². The number of nitrogens with one attached hydrogen (secondary N) is 1. The molecule has 3 amide bonds. The maximum atomic E-state index is 12.4. The molecule has 0 aliphatic carbocycles. The van der Waals surface area contributed by atoms with E-state index in [9.17, 15) is 9.59 Å². The van der Waals surface area contributed by atoms with Crippen LogP contribution in [-0.2, 0) is 11.2 Å². The first kappa shape index (κ1) is 16.1. The van der Waals surface area contributed by atoms with Gasteiger partial charge in [-0.3, -0.25) is 9.69 Å².